The molecule has 0 aliphatic carbocycles. The van der Waals surface area contributed by atoms with Crippen molar-refractivity contribution < 1.29 is 13.9 Å². The number of nitrogens with one attached hydrogen (secondary N) is 1. The summed E-state index contributed by atoms with van der Waals surface area (Å²) in [4.78, 5) is 0. The third-order valence-electron chi connectivity index (χ3n) is 2.89. The molecule has 0 radical (unpaired) electrons. The molecule has 1 aliphatic rings. The van der Waals surface area contributed by atoms with Crippen LogP contribution >= 0.6 is 15.9 Å². The Bertz CT molecular complexity index is 383. The molecule has 0 amide bonds. The second-order valence-corrected chi connectivity index (χ2v) is 5.27. The maximum absolute atomic E-state index is 13.3. The standard InChI is InChI=1S/C13H17BrFNO2/c14-11-1-2-12(15)13(7-11)18-6-4-16-8-10-3-5-17-9-10/h1-2,7,10,16H,3-6,8-9H2. The molecule has 0 bridgehead atoms. The minimum atomic E-state index is -0.331. The monoisotopic (exact) mass is 317 g/mol. The number of benzene rings is 1. The normalized spacial score (nSPS) is 19.1. The highest BCUT2D eigenvalue weighted by Gasteiger charge is 2.14. The van der Waals surface area contributed by atoms with Crippen molar-refractivity contribution >= 4 is 15.9 Å². The molecule has 2 rings (SSSR count). The smallest absolute Gasteiger partial charge is 0.165 e. The molecular formula is C13H17BrFNO2. The lowest BCUT2D eigenvalue weighted by atomic mass is 10.1. The molecule has 100 valence electrons. The van der Waals surface area contributed by atoms with Crippen LogP contribution in [0.1, 0.15) is 6.42 Å². The van der Waals surface area contributed by atoms with E-state index in [1.807, 2.05) is 0 Å². The first kappa shape index (κ1) is 13.8. The van der Waals surface area contributed by atoms with Gasteiger partial charge in [0.2, 0.25) is 0 Å². The molecule has 0 saturated carbocycles. The van der Waals surface area contributed by atoms with Gasteiger partial charge in [-0.15, -0.1) is 0 Å². The van der Waals surface area contributed by atoms with E-state index < -0.39 is 0 Å². The van der Waals surface area contributed by atoms with E-state index in [9.17, 15) is 4.39 Å². The van der Waals surface area contributed by atoms with Crippen molar-refractivity contribution in [2.75, 3.05) is 32.9 Å². The second-order valence-electron chi connectivity index (χ2n) is 4.36. The Morgan fingerprint density at radius 1 is 1.50 bits per heavy atom. The number of halogens is 2. The van der Waals surface area contributed by atoms with Gasteiger partial charge in [0.1, 0.15) is 6.61 Å². The fraction of sp³-hybridized carbons (Fsp3) is 0.538. The largest absolute Gasteiger partial charge is 0.489 e. The van der Waals surface area contributed by atoms with E-state index >= 15 is 0 Å². The van der Waals surface area contributed by atoms with E-state index in [0.29, 0.717) is 19.1 Å². The van der Waals surface area contributed by atoms with E-state index in [1.54, 1.807) is 12.1 Å². The lowest BCUT2D eigenvalue weighted by Gasteiger charge is -2.11. The van der Waals surface area contributed by atoms with E-state index in [-0.39, 0.29) is 11.6 Å². The zero-order valence-electron chi connectivity index (χ0n) is 10.1. The zero-order valence-corrected chi connectivity index (χ0v) is 11.7. The minimum absolute atomic E-state index is 0.287. The molecule has 1 heterocycles. The van der Waals surface area contributed by atoms with Crippen molar-refractivity contribution in [2.24, 2.45) is 5.92 Å². The summed E-state index contributed by atoms with van der Waals surface area (Å²) in [6.07, 6.45) is 1.12. The Morgan fingerprint density at radius 3 is 3.17 bits per heavy atom. The molecule has 1 aromatic rings. The summed E-state index contributed by atoms with van der Waals surface area (Å²) in [5, 5.41) is 3.29. The Labute approximate surface area is 115 Å². The zero-order chi connectivity index (χ0) is 12.8. The molecule has 0 aromatic heterocycles. The summed E-state index contributed by atoms with van der Waals surface area (Å²) in [5.41, 5.74) is 0. The van der Waals surface area contributed by atoms with Crippen LogP contribution in [0.25, 0.3) is 0 Å². The van der Waals surface area contributed by atoms with E-state index in [4.69, 9.17) is 9.47 Å². The predicted octanol–water partition coefficient (Wildman–Crippen LogP) is 2.59. The van der Waals surface area contributed by atoms with Crippen LogP contribution in [0.4, 0.5) is 4.39 Å². The molecule has 1 unspecified atom stereocenters. The van der Waals surface area contributed by atoms with Crippen LogP contribution in [-0.2, 0) is 4.74 Å². The SMILES string of the molecule is Fc1ccc(Br)cc1OCCNCC1CCOC1. The van der Waals surface area contributed by atoms with Gasteiger partial charge < -0.3 is 14.8 Å². The molecule has 1 aromatic carbocycles. The molecular weight excluding hydrogens is 301 g/mol. The fourth-order valence-electron chi connectivity index (χ4n) is 1.87. The van der Waals surface area contributed by atoms with Gasteiger partial charge in [-0.25, -0.2) is 4.39 Å². The van der Waals surface area contributed by atoms with Crippen LogP contribution in [0.3, 0.4) is 0 Å². The van der Waals surface area contributed by atoms with Gasteiger partial charge in [0, 0.05) is 24.2 Å². The van der Waals surface area contributed by atoms with Crippen molar-refractivity contribution in [3.8, 4) is 5.75 Å². The van der Waals surface area contributed by atoms with Gasteiger partial charge in [0.05, 0.1) is 6.61 Å². The third-order valence-corrected chi connectivity index (χ3v) is 3.38. The van der Waals surface area contributed by atoms with Gasteiger partial charge in [-0.1, -0.05) is 15.9 Å². The van der Waals surface area contributed by atoms with E-state index in [0.717, 1.165) is 30.7 Å². The average molecular weight is 318 g/mol. The topological polar surface area (TPSA) is 30.5 Å². The van der Waals surface area contributed by atoms with Crippen LogP contribution in [-0.4, -0.2) is 32.9 Å². The van der Waals surface area contributed by atoms with Crippen LogP contribution in [0.15, 0.2) is 22.7 Å². The molecule has 5 heteroatoms. The lowest BCUT2D eigenvalue weighted by Crippen LogP contribution is -2.27. The lowest BCUT2D eigenvalue weighted by molar-refractivity contribution is 0.184. The molecule has 0 spiro atoms. The van der Waals surface area contributed by atoms with Crippen molar-refractivity contribution in [2.45, 2.75) is 6.42 Å². The van der Waals surface area contributed by atoms with Crippen LogP contribution < -0.4 is 10.1 Å². The quantitative estimate of drug-likeness (QED) is 0.818. The van der Waals surface area contributed by atoms with E-state index in [1.165, 1.54) is 6.07 Å². The maximum atomic E-state index is 13.3. The minimum Gasteiger partial charge on any atom is -0.489 e. The molecule has 1 atom stereocenters. The molecule has 1 N–H and O–H groups in total. The number of hydrogen-bond acceptors (Lipinski definition) is 3. The first-order valence-electron chi connectivity index (χ1n) is 6.12. The molecule has 1 saturated heterocycles. The van der Waals surface area contributed by atoms with Gasteiger partial charge >= 0.3 is 0 Å². The number of ether oxygens (including phenoxy) is 2. The summed E-state index contributed by atoms with van der Waals surface area (Å²) in [6.45, 7) is 3.81. The number of hydrogen-bond donors (Lipinski definition) is 1. The summed E-state index contributed by atoms with van der Waals surface area (Å²) < 4.78 is 24.8. The van der Waals surface area contributed by atoms with Crippen molar-refractivity contribution in [1.29, 1.82) is 0 Å². The maximum Gasteiger partial charge on any atom is 0.165 e. The predicted molar refractivity (Wildman–Crippen MR) is 71.4 cm³/mol. The molecule has 1 fully saturated rings. The van der Waals surface area contributed by atoms with Crippen molar-refractivity contribution in [1.82, 2.24) is 5.32 Å². The van der Waals surface area contributed by atoms with Gasteiger partial charge in [-0.2, -0.15) is 0 Å². The summed E-state index contributed by atoms with van der Waals surface area (Å²) in [7, 11) is 0. The van der Waals surface area contributed by atoms with Gasteiger partial charge in [0.15, 0.2) is 11.6 Å². The Kier molecular flexibility index (Phi) is 5.41. The van der Waals surface area contributed by atoms with Gasteiger partial charge in [-0.05, 0) is 30.5 Å². The highest BCUT2D eigenvalue weighted by molar-refractivity contribution is 9.10. The first-order valence-corrected chi connectivity index (χ1v) is 6.91. The first-order chi connectivity index (χ1) is 8.75. The molecule has 1 aliphatic heterocycles. The average Bonchev–Trinajstić information content (AvgIpc) is 2.86. The van der Waals surface area contributed by atoms with Crippen LogP contribution in [0.2, 0.25) is 0 Å². The van der Waals surface area contributed by atoms with Crippen molar-refractivity contribution in [3.05, 3.63) is 28.5 Å². The van der Waals surface area contributed by atoms with Gasteiger partial charge in [0.25, 0.3) is 0 Å². The highest BCUT2D eigenvalue weighted by Crippen LogP contribution is 2.21. The second kappa shape index (κ2) is 7.07. The summed E-state index contributed by atoms with van der Waals surface area (Å²) >= 11 is 3.29. The molecule has 3 nitrogen and oxygen atoms in total. The number of rotatable bonds is 6. The summed E-state index contributed by atoms with van der Waals surface area (Å²) in [5.74, 6) is 0.561. The Morgan fingerprint density at radius 2 is 2.39 bits per heavy atom. The van der Waals surface area contributed by atoms with Gasteiger partial charge in [-0.3, -0.25) is 0 Å². The van der Waals surface area contributed by atoms with Crippen LogP contribution in [0, 0.1) is 11.7 Å². The molecule has 18 heavy (non-hydrogen) atoms. The highest BCUT2D eigenvalue weighted by atomic mass is 79.9. The summed E-state index contributed by atoms with van der Waals surface area (Å²) in [6, 6.07) is 4.68. The van der Waals surface area contributed by atoms with Crippen molar-refractivity contribution in [3.63, 3.8) is 0 Å². The Balaban J connectivity index is 1.64. The van der Waals surface area contributed by atoms with Crippen LogP contribution in [0.5, 0.6) is 5.75 Å². The Hall–Kier alpha value is -0.650. The van der Waals surface area contributed by atoms with E-state index in [2.05, 4.69) is 21.2 Å². The third kappa shape index (κ3) is 4.23. The fourth-order valence-corrected chi connectivity index (χ4v) is 2.21.